The number of anilines is 1. The zero-order valence-electron chi connectivity index (χ0n) is 13.3. The number of fused-ring (bicyclic) bond motifs is 1. The van der Waals surface area contributed by atoms with Gasteiger partial charge in [0.05, 0.1) is 20.3 Å². The third-order valence-electron chi connectivity index (χ3n) is 3.54. The lowest BCUT2D eigenvalue weighted by molar-refractivity contribution is -0.644. The molecule has 0 fully saturated rings. The minimum Gasteiger partial charge on any atom is -0.273 e. The molecule has 0 aliphatic heterocycles. The smallest absolute Gasteiger partial charge is 0.273 e. The van der Waals surface area contributed by atoms with Crippen LogP contribution in [0.15, 0.2) is 36.5 Å². The van der Waals surface area contributed by atoms with Crippen molar-refractivity contribution >= 4 is 23.1 Å². The van der Waals surface area contributed by atoms with Crippen LogP contribution in [-0.4, -0.2) is 35.1 Å². The number of H-pyrrole nitrogens is 1. The highest BCUT2D eigenvalue weighted by Gasteiger charge is 2.21. The fraction of sp³-hybridized carbons (Fsp3) is 0.176. The molecular formula is C17H18N6+2. The number of aromatic nitrogens is 3. The molecule has 2 heterocycles. The number of nitrogens with one attached hydrogen (secondary N) is 2. The minimum atomic E-state index is 0.524. The Kier molecular flexibility index (Phi) is 3.77. The molecule has 3 aromatic rings. The van der Waals surface area contributed by atoms with Crippen LogP contribution in [0.3, 0.4) is 0 Å². The summed E-state index contributed by atoms with van der Waals surface area (Å²) in [6.07, 6.45) is 3.45. The summed E-state index contributed by atoms with van der Waals surface area (Å²) in [5.74, 6) is 1.39. The average Bonchev–Trinajstić information content (AvgIpc) is 2.95. The summed E-state index contributed by atoms with van der Waals surface area (Å²) >= 11 is 0. The monoisotopic (exact) mass is 306 g/mol. The summed E-state index contributed by atoms with van der Waals surface area (Å²) < 4.78 is 3.65. The predicted octanol–water partition coefficient (Wildman–Crippen LogP) is 1.73. The van der Waals surface area contributed by atoms with Crippen molar-refractivity contribution in [3.8, 4) is 11.9 Å². The first-order chi connectivity index (χ1) is 11.1. The molecule has 0 aliphatic rings. The Balaban J connectivity index is 2.17. The van der Waals surface area contributed by atoms with Crippen LogP contribution < -0.4 is 10.00 Å². The zero-order valence-corrected chi connectivity index (χ0v) is 13.3. The van der Waals surface area contributed by atoms with Gasteiger partial charge in [0, 0.05) is 11.5 Å². The van der Waals surface area contributed by atoms with Crippen LogP contribution in [0.25, 0.3) is 16.7 Å². The first kappa shape index (κ1) is 14.7. The molecule has 0 saturated carbocycles. The summed E-state index contributed by atoms with van der Waals surface area (Å²) in [6, 6.07) is 12.2. The van der Waals surface area contributed by atoms with E-state index in [0.29, 0.717) is 11.4 Å². The number of nitrogens with zero attached hydrogens (tertiary/aromatic N) is 4. The molecule has 114 valence electrons. The van der Waals surface area contributed by atoms with Gasteiger partial charge in [0.2, 0.25) is 6.34 Å². The molecule has 2 N–H and O–H groups in total. The van der Waals surface area contributed by atoms with Gasteiger partial charge in [-0.1, -0.05) is 18.2 Å². The fourth-order valence-electron chi connectivity index (χ4n) is 2.43. The quantitative estimate of drug-likeness (QED) is 0.440. The molecule has 0 spiro atoms. The first-order valence-corrected chi connectivity index (χ1v) is 7.26. The molecule has 0 atom stereocenters. The maximum Gasteiger partial charge on any atom is 0.299 e. The van der Waals surface area contributed by atoms with Crippen molar-refractivity contribution < 1.29 is 9.26 Å². The van der Waals surface area contributed by atoms with Gasteiger partial charge in [-0.05, 0) is 18.6 Å². The van der Waals surface area contributed by atoms with E-state index < -0.39 is 0 Å². The van der Waals surface area contributed by atoms with Gasteiger partial charge in [0.15, 0.2) is 5.56 Å². The van der Waals surface area contributed by atoms with E-state index in [4.69, 9.17) is 4.98 Å². The Morgan fingerprint density at radius 1 is 1.35 bits per heavy atom. The predicted molar refractivity (Wildman–Crippen MR) is 88.9 cm³/mol. The lowest BCUT2D eigenvalue weighted by Crippen LogP contribution is -2.37. The highest BCUT2D eigenvalue weighted by Crippen LogP contribution is 2.18. The second-order valence-corrected chi connectivity index (χ2v) is 5.53. The highest BCUT2D eigenvalue weighted by molar-refractivity contribution is 5.82. The van der Waals surface area contributed by atoms with Crippen LogP contribution in [-0.2, 0) is 0 Å². The number of hydrogen-bond acceptors (Lipinski definition) is 2. The van der Waals surface area contributed by atoms with Crippen LogP contribution in [0.4, 0.5) is 5.82 Å². The summed E-state index contributed by atoms with van der Waals surface area (Å²) in [5.41, 5.74) is 2.58. The van der Waals surface area contributed by atoms with Crippen molar-refractivity contribution in [1.29, 1.82) is 5.26 Å². The van der Waals surface area contributed by atoms with E-state index in [-0.39, 0.29) is 0 Å². The van der Waals surface area contributed by atoms with Gasteiger partial charge < -0.3 is 0 Å². The lowest BCUT2D eigenvalue weighted by Gasteiger charge is -2.03. The van der Waals surface area contributed by atoms with Gasteiger partial charge in [-0.15, -0.1) is 9.67 Å². The molecule has 0 bridgehead atoms. The van der Waals surface area contributed by atoms with Gasteiger partial charge in [-0.3, -0.25) is 4.58 Å². The van der Waals surface area contributed by atoms with Crippen LogP contribution in [0.5, 0.6) is 0 Å². The minimum absolute atomic E-state index is 0.524. The Morgan fingerprint density at radius 3 is 2.87 bits per heavy atom. The number of nitriles is 1. The summed E-state index contributed by atoms with van der Waals surface area (Å²) in [6.45, 7) is 2.06. The van der Waals surface area contributed by atoms with Crippen molar-refractivity contribution in [3.05, 3.63) is 47.7 Å². The van der Waals surface area contributed by atoms with Crippen LogP contribution in [0, 0.1) is 18.3 Å². The maximum absolute atomic E-state index is 9.30. The number of aromatic amines is 1. The molecule has 6 heteroatoms. The molecule has 6 nitrogen and oxygen atoms in total. The Labute approximate surface area is 134 Å². The fourth-order valence-corrected chi connectivity index (χ4v) is 2.43. The van der Waals surface area contributed by atoms with E-state index in [0.717, 1.165) is 22.3 Å². The molecule has 23 heavy (non-hydrogen) atoms. The second kappa shape index (κ2) is 5.89. The second-order valence-electron chi connectivity index (χ2n) is 5.53. The first-order valence-electron chi connectivity index (χ1n) is 7.26. The molecule has 3 rings (SSSR count). The van der Waals surface area contributed by atoms with E-state index in [1.54, 1.807) is 17.2 Å². The number of rotatable bonds is 3. The van der Waals surface area contributed by atoms with Crippen molar-refractivity contribution in [2.24, 2.45) is 0 Å². The lowest BCUT2D eigenvalue weighted by atomic mass is 10.1. The summed E-state index contributed by atoms with van der Waals surface area (Å²) in [5, 5.41) is 16.7. The van der Waals surface area contributed by atoms with Crippen LogP contribution >= 0.6 is 0 Å². The number of para-hydroxylation sites is 1. The van der Waals surface area contributed by atoms with E-state index in [9.17, 15) is 5.26 Å². The van der Waals surface area contributed by atoms with E-state index >= 15 is 0 Å². The molecule has 0 saturated heterocycles. The van der Waals surface area contributed by atoms with Crippen molar-refractivity contribution in [1.82, 2.24) is 10.1 Å². The summed E-state index contributed by atoms with van der Waals surface area (Å²) in [4.78, 5) is 4.70. The van der Waals surface area contributed by atoms with Crippen molar-refractivity contribution in [3.63, 3.8) is 0 Å². The van der Waals surface area contributed by atoms with Crippen LogP contribution in [0.1, 0.15) is 11.1 Å². The maximum atomic E-state index is 9.30. The van der Waals surface area contributed by atoms with E-state index in [1.165, 1.54) is 0 Å². The van der Waals surface area contributed by atoms with Gasteiger partial charge in [0.1, 0.15) is 11.6 Å². The standard InChI is InChI=1S/C17H16N6/c1-12-8-16(21-15-7-5-4-6-14(12)15)23-17(19-11-22(2)3)13(9-18)10-20-23/h4-8,10-11H,1-3H3/p+2. The number of pyridine rings is 1. The molecule has 1 aromatic carbocycles. The summed E-state index contributed by atoms with van der Waals surface area (Å²) in [7, 11) is 3.82. The molecule has 0 unspecified atom stereocenters. The zero-order chi connectivity index (χ0) is 16.4. The largest absolute Gasteiger partial charge is 0.299 e. The highest BCUT2D eigenvalue weighted by atomic mass is 15.4. The Morgan fingerprint density at radius 2 is 2.13 bits per heavy atom. The van der Waals surface area contributed by atoms with Gasteiger partial charge in [0.25, 0.3) is 11.6 Å². The normalized spacial score (nSPS) is 10.3. The van der Waals surface area contributed by atoms with Crippen molar-refractivity contribution in [2.45, 2.75) is 6.92 Å². The van der Waals surface area contributed by atoms with Crippen LogP contribution in [0.2, 0.25) is 0 Å². The molecular weight excluding hydrogens is 288 g/mol. The van der Waals surface area contributed by atoms with Gasteiger partial charge in [-0.25, -0.2) is 10.4 Å². The molecule has 0 amide bonds. The SMILES string of the molecule is Cc1cc(-[n+]2[nH]cc(C#N)c2NC=[N+](C)C)nc2ccccc12. The molecule has 2 aromatic heterocycles. The van der Waals surface area contributed by atoms with Gasteiger partial charge >= 0.3 is 0 Å². The Bertz CT molecular complexity index is 941. The number of hydrogen-bond donors (Lipinski definition) is 2. The third kappa shape index (κ3) is 2.77. The molecule has 0 aliphatic carbocycles. The van der Waals surface area contributed by atoms with Crippen molar-refractivity contribution in [2.75, 3.05) is 19.4 Å². The van der Waals surface area contributed by atoms with E-state index in [2.05, 4.69) is 29.5 Å². The molecule has 0 radical (unpaired) electrons. The third-order valence-corrected chi connectivity index (χ3v) is 3.54. The number of benzene rings is 1. The Hall–Kier alpha value is -3.20. The average molecular weight is 306 g/mol. The number of aryl methyl sites for hydroxylation is 1. The topological polar surface area (TPSA) is 71.4 Å². The van der Waals surface area contributed by atoms with E-state index in [1.807, 2.05) is 42.9 Å². The van der Waals surface area contributed by atoms with Gasteiger partial charge in [-0.2, -0.15) is 5.26 Å².